The Kier molecular flexibility index (Phi) is 3.22. The molecule has 82 valence electrons. The van der Waals surface area contributed by atoms with Gasteiger partial charge in [-0.2, -0.15) is 0 Å². The summed E-state index contributed by atoms with van der Waals surface area (Å²) in [6.45, 7) is 2.04. The summed E-state index contributed by atoms with van der Waals surface area (Å²) in [4.78, 5) is 0. The third-order valence-corrected chi connectivity index (χ3v) is 3.42. The van der Waals surface area contributed by atoms with E-state index in [0.29, 0.717) is 0 Å². The van der Waals surface area contributed by atoms with E-state index in [1.165, 1.54) is 5.56 Å². The first-order valence-corrected chi connectivity index (χ1v) is 5.87. The Hall–Kier alpha value is -0.980. The van der Waals surface area contributed by atoms with Crippen LogP contribution < -0.4 is 0 Å². The summed E-state index contributed by atoms with van der Waals surface area (Å²) in [6, 6.07) is 17.6. The number of halogens is 2. The maximum absolute atomic E-state index is 6.40. The minimum atomic E-state index is -0.977. The van der Waals surface area contributed by atoms with Gasteiger partial charge in [-0.1, -0.05) is 83.4 Å². The summed E-state index contributed by atoms with van der Waals surface area (Å²) in [5.74, 6) is 0. The molecule has 2 aromatic rings. The monoisotopic (exact) mass is 250 g/mol. The number of rotatable bonds is 2. The van der Waals surface area contributed by atoms with Gasteiger partial charge in [-0.15, -0.1) is 0 Å². The second-order valence-corrected chi connectivity index (χ2v) is 5.13. The summed E-state index contributed by atoms with van der Waals surface area (Å²) < 4.78 is -0.977. The Balaban J connectivity index is 2.43. The fourth-order valence-electron chi connectivity index (χ4n) is 1.58. The van der Waals surface area contributed by atoms with Crippen LogP contribution in [0.25, 0.3) is 0 Å². The number of alkyl halides is 2. The van der Waals surface area contributed by atoms with E-state index in [9.17, 15) is 0 Å². The van der Waals surface area contributed by atoms with E-state index in [1.807, 2.05) is 61.5 Å². The Bertz CT molecular complexity index is 458. The highest BCUT2D eigenvalue weighted by molar-refractivity contribution is 6.50. The standard InChI is InChI=1S/C14H12Cl2/c1-11-7-9-13(10-8-11)14(15,16)12-5-3-2-4-6-12/h2-10H,1H3. The first-order valence-electron chi connectivity index (χ1n) is 5.11. The average Bonchev–Trinajstić information content (AvgIpc) is 2.31. The van der Waals surface area contributed by atoms with Gasteiger partial charge in [-0.3, -0.25) is 0 Å². The average molecular weight is 251 g/mol. The van der Waals surface area contributed by atoms with E-state index >= 15 is 0 Å². The van der Waals surface area contributed by atoms with Crippen LogP contribution >= 0.6 is 23.2 Å². The molecule has 0 nitrogen and oxygen atoms in total. The molecule has 0 aliphatic heterocycles. The molecule has 0 atom stereocenters. The zero-order valence-electron chi connectivity index (χ0n) is 8.95. The summed E-state index contributed by atoms with van der Waals surface area (Å²) in [5, 5.41) is 0. The van der Waals surface area contributed by atoms with Crippen molar-refractivity contribution in [1.82, 2.24) is 0 Å². The van der Waals surface area contributed by atoms with E-state index in [-0.39, 0.29) is 0 Å². The van der Waals surface area contributed by atoms with Crippen molar-refractivity contribution in [2.75, 3.05) is 0 Å². The van der Waals surface area contributed by atoms with Gasteiger partial charge < -0.3 is 0 Å². The molecule has 2 heteroatoms. The molecule has 2 aromatic carbocycles. The van der Waals surface area contributed by atoms with Gasteiger partial charge >= 0.3 is 0 Å². The fourth-order valence-corrected chi connectivity index (χ4v) is 2.08. The van der Waals surface area contributed by atoms with E-state index in [0.717, 1.165) is 11.1 Å². The van der Waals surface area contributed by atoms with Crippen LogP contribution in [0.2, 0.25) is 0 Å². The van der Waals surface area contributed by atoms with E-state index in [2.05, 4.69) is 0 Å². The number of hydrogen-bond acceptors (Lipinski definition) is 0. The van der Waals surface area contributed by atoms with E-state index in [1.54, 1.807) is 0 Å². The maximum atomic E-state index is 6.40. The lowest BCUT2D eigenvalue weighted by Gasteiger charge is -2.20. The molecule has 0 fully saturated rings. The Labute approximate surface area is 106 Å². The van der Waals surface area contributed by atoms with Crippen molar-refractivity contribution in [3.05, 3.63) is 71.3 Å². The van der Waals surface area contributed by atoms with Gasteiger partial charge in [0.25, 0.3) is 0 Å². The predicted molar refractivity (Wildman–Crippen MR) is 70.1 cm³/mol. The van der Waals surface area contributed by atoms with Gasteiger partial charge in [0.05, 0.1) is 0 Å². The van der Waals surface area contributed by atoms with Crippen molar-refractivity contribution in [3.8, 4) is 0 Å². The highest BCUT2D eigenvalue weighted by Gasteiger charge is 2.28. The minimum absolute atomic E-state index is 0.891. The van der Waals surface area contributed by atoms with Crippen LogP contribution in [0.3, 0.4) is 0 Å². The number of hydrogen-bond donors (Lipinski definition) is 0. The van der Waals surface area contributed by atoms with Crippen molar-refractivity contribution in [2.45, 2.75) is 11.3 Å². The van der Waals surface area contributed by atoms with Crippen LogP contribution in [0.5, 0.6) is 0 Å². The molecule has 0 spiro atoms. The first kappa shape index (κ1) is 11.5. The smallest absolute Gasteiger partial charge is 0.0909 e. The molecule has 0 saturated heterocycles. The van der Waals surface area contributed by atoms with Gasteiger partial charge in [0.15, 0.2) is 4.33 Å². The van der Waals surface area contributed by atoms with Crippen molar-refractivity contribution >= 4 is 23.2 Å². The van der Waals surface area contributed by atoms with Crippen molar-refractivity contribution in [2.24, 2.45) is 0 Å². The summed E-state index contributed by atoms with van der Waals surface area (Å²) >= 11 is 12.8. The Morgan fingerprint density at radius 2 is 1.25 bits per heavy atom. The highest BCUT2D eigenvalue weighted by Crippen LogP contribution is 2.40. The van der Waals surface area contributed by atoms with Gasteiger partial charge in [-0.25, -0.2) is 0 Å². The molecule has 0 radical (unpaired) electrons. The molecule has 0 bridgehead atoms. The zero-order chi connectivity index (χ0) is 11.6. The van der Waals surface area contributed by atoms with Gasteiger partial charge in [-0.05, 0) is 18.1 Å². The van der Waals surface area contributed by atoms with Crippen LogP contribution in [0.1, 0.15) is 16.7 Å². The third kappa shape index (κ3) is 2.23. The SMILES string of the molecule is Cc1ccc(C(Cl)(Cl)c2ccccc2)cc1. The van der Waals surface area contributed by atoms with Crippen molar-refractivity contribution < 1.29 is 0 Å². The van der Waals surface area contributed by atoms with Gasteiger partial charge in [0, 0.05) is 0 Å². The lowest BCUT2D eigenvalue weighted by atomic mass is 10.0. The topological polar surface area (TPSA) is 0 Å². The van der Waals surface area contributed by atoms with Crippen LogP contribution in [0, 0.1) is 6.92 Å². The number of benzene rings is 2. The molecule has 16 heavy (non-hydrogen) atoms. The molecule has 0 unspecified atom stereocenters. The molecular formula is C14H12Cl2. The molecule has 0 heterocycles. The lowest BCUT2D eigenvalue weighted by molar-refractivity contribution is 1.04. The van der Waals surface area contributed by atoms with E-state index in [4.69, 9.17) is 23.2 Å². The molecule has 0 aliphatic carbocycles. The zero-order valence-corrected chi connectivity index (χ0v) is 10.5. The number of aryl methyl sites for hydroxylation is 1. The molecule has 0 N–H and O–H groups in total. The maximum Gasteiger partial charge on any atom is 0.168 e. The second-order valence-electron chi connectivity index (χ2n) is 3.81. The van der Waals surface area contributed by atoms with Crippen LogP contribution in [0.4, 0.5) is 0 Å². The minimum Gasteiger partial charge on any atom is -0.0909 e. The molecule has 0 amide bonds. The quantitative estimate of drug-likeness (QED) is 0.680. The summed E-state index contributed by atoms with van der Waals surface area (Å²) in [7, 11) is 0. The Morgan fingerprint density at radius 3 is 1.81 bits per heavy atom. The Morgan fingerprint density at radius 1 is 0.750 bits per heavy atom. The molecule has 0 aliphatic rings. The highest BCUT2D eigenvalue weighted by atomic mass is 35.5. The predicted octanol–water partition coefficient (Wildman–Crippen LogP) is 4.67. The third-order valence-electron chi connectivity index (χ3n) is 2.55. The van der Waals surface area contributed by atoms with E-state index < -0.39 is 4.33 Å². The largest absolute Gasteiger partial charge is 0.168 e. The summed E-state index contributed by atoms with van der Waals surface area (Å²) in [5.41, 5.74) is 2.98. The van der Waals surface area contributed by atoms with Crippen molar-refractivity contribution in [1.29, 1.82) is 0 Å². The molecule has 0 saturated carbocycles. The molecule has 0 aromatic heterocycles. The fraction of sp³-hybridized carbons (Fsp3) is 0.143. The normalized spacial score (nSPS) is 11.4. The van der Waals surface area contributed by atoms with Gasteiger partial charge in [0.1, 0.15) is 0 Å². The second kappa shape index (κ2) is 4.48. The van der Waals surface area contributed by atoms with Gasteiger partial charge in [0.2, 0.25) is 0 Å². The van der Waals surface area contributed by atoms with Crippen LogP contribution in [0.15, 0.2) is 54.6 Å². The molecular weight excluding hydrogens is 239 g/mol. The first-order chi connectivity index (χ1) is 7.60. The van der Waals surface area contributed by atoms with Crippen LogP contribution in [-0.4, -0.2) is 0 Å². The summed E-state index contributed by atoms with van der Waals surface area (Å²) in [6.07, 6.45) is 0. The van der Waals surface area contributed by atoms with Crippen LogP contribution in [-0.2, 0) is 4.33 Å². The lowest BCUT2D eigenvalue weighted by Crippen LogP contribution is -2.11. The van der Waals surface area contributed by atoms with Crippen molar-refractivity contribution in [3.63, 3.8) is 0 Å². The molecule has 2 rings (SSSR count).